The number of rotatable bonds is 9. The lowest BCUT2D eigenvalue weighted by atomic mass is 10.1. The van der Waals surface area contributed by atoms with Crippen molar-refractivity contribution in [1.82, 2.24) is 0 Å². The highest BCUT2D eigenvalue weighted by Gasteiger charge is 1.99. The van der Waals surface area contributed by atoms with Crippen LogP contribution in [0.5, 0.6) is 11.5 Å². The number of benzene rings is 2. The standard InChI is InChI=1S/C19H25NO3/c1-15-7-8-19(13-16(15)2)22-10-9-20-17-5-4-6-18(14-17)23-12-11-21-3/h4-8,13-14,20H,9-12H2,1-3H3. The van der Waals surface area contributed by atoms with Crippen LogP contribution in [0.2, 0.25) is 0 Å². The molecule has 2 rings (SSSR count). The van der Waals surface area contributed by atoms with E-state index in [1.807, 2.05) is 30.3 Å². The summed E-state index contributed by atoms with van der Waals surface area (Å²) in [6.45, 7) is 6.67. The second kappa shape index (κ2) is 9.06. The van der Waals surface area contributed by atoms with E-state index < -0.39 is 0 Å². The van der Waals surface area contributed by atoms with Crippen LogP contribution in [0.3, 0.4) is 0 Å². The lowest BCUT2D eigenvalue weighted by Crippen LogP contribution is -2.11. The normalized spacial score (nSPS) is 10.4. The largest absolute Gasteiger partial charge is 0.492 e. The van der Waals surface area contributed by atoms with Gasteiger partial charge in [0.2, 0.25) is 0 Å². The van der Waals surface area contributed by atoms with Crippen molar-refractivity contribution in [2.45, 2.75) is 13.8 Å². The van der Waals surface area contributed by atoms with Crippen LogP contribution in [0.15, 0.2) is 42.5 Å². The predicted molar refractivity (Wildman–Crippen MR) is 93.7 cm³/mol. The molecule has 124 valence electrons. The van der Waals surface area contributed by atoms with E-state index in [0.717, 1.165) is 23.7 Å². The van der Waals surface area contributed by atoms with Gasteiger partial charge in [0.05, 0.1) is 6.61 Å². The molecule has 0 radical (unpaired) electrons. The third kappa shape index (κ3) is 5.83. The molecule has 0 bridgehead atoms. The monoisotopic (exact) mass is 315 g/mol. The molecule has 0 spiro atoms. The van der Waals surface area contributed by atoms with E-state index in [9.17, 15) is 0 Å². The van der Waals surface area contributed by atoms with Crippen molar-refractivity contribution >= 4 is 5.69 Å². The maximum Gasteiger partial charge on any atom is 0.121 e. The maximum atomic E-state index is 5.76. The van der Waals surface area contributed by atoms with Crippen molar-refractivity contribution < 1.29 is 14.2 Å². The fourth-order valence-electron chi connectivity index (χ4n) is 2.11. The molecule has 0 saturated carbocycles. The van der Waals surface area contributed by atoms with Crippen LogP contribution in [0.1, 0.15) is 11.1 Å². The van der Waals surface area contributed by atoms with Crippen molar-refractivity contribution in [1.29, 1.82) is 0 Å². The first kappa shape index (κ1) is 17.2. The van der Waals surface area contributed by atoms with Gasteiger partial charge in [-0.2, -0.15) is 0 Å². The molecule has 0 aliphatic rings. The molecule has 4 nitrogen and oxygen atoms in total. The molecule has 0 amide bonds. The highest BCUT2D eigenvalue weighted by molar-refractivity contribution is 5.48. The van der Waals surface area contributed by atoms with Crippen molar-refractivity contribution in [3.63, 3.8) is 0 Å². The van der Waals surface area contributed by atoms with Crippen LogP contribution in [0.4, 0.5) is 5.69 Å². The van der Waals surface area contributed by atoms with Gasteiger partial charge in [-0.05, 0) is 49.2 Å². The van der Waals surface area contributed by atoms with E-state index in [0.29, 0.717) is 19.8 Å². The van der Waals surface area contributed by atoms with Crippen LogP contribution < -0.4 is 14.8 Å². The maximum absolute atomic E-state index is 5.76. The van der Waals surface area contributed by atoms with Crippen LogP contribution in [0, 0.1) is 13.8 Å². The van der Waals surface area contributed by atoms with E-state index in [-0.39, 0.29) is 0 Å². The van der Waals surface area contributed by atoms with Crippen LogP contribution in [-0.2, 0) is 4.74 Å². The van der Waals surface area contributed by atoms with Crippen LogP contribution in [-0.4, -0.2) is 33.5 Å². The summed E-state index contributed by atoms with van der Waals surface area (Å²) in [4.78, 5) is 0. The summed E-state index contributed by atoms with van der Waals surface area (Å²) < 4.78 is 16.3. The van der Waals surface area contributed by atoms with E-state index in [4.69, 9.17) is 14.2 Å². The van der Waals surface area contributed by atoms with Crippen molar-refractivity contribution in [3.05, 3.63) is 53.6 Å². The number of aryl methyl sites for hydroxylation is 2. The highest BCUT2D eigenvalue weighted by atomic mass is 16.5. The van der Waals surface area contributed by atoms with E-state index in [1.54, 1.807) is 7.11 Å². The van der Waals surface area contributed by atoms with Crippen molar-refractivity contribution in [3.8, 4) is 11.5 Å². The van der Waals surface area contributed by atoms with E-state index >= 15 is 0 Å². The van der Waals surface area contributed by atoms with Gasteiger partial charge in [-0.1, -0.05) is 12.1 Å². The van der Waals surface area contributed by atoms with Gasteiger partial charge in [0.25, 0.3) is 0 Å². The molecule has 23 heavy (non-hydrogen) atoms. The minimum absolute atomic E-state index is 0.551. The van der Waals surface area contributed by atoms with Crippen molar-refractivity contribution in [2.24, 2.45) is 0 Å². The second-order valence-electron chi connectivity index (χ2n) is 5.39. The Morgan fingerprint density at radius 3 is 2.39 bits per heavy atom. The number of ether oxygens (including phenoxy) is 3. The number of nitrogens with one attached hydrogen (secondary N) is 1. The summed E-state index contributed by atoms with van der Waals surface area (Å²) >= 11 is 0. The van der Waals surface area contributed by atoms with Gasteiger partial charge in [0, 0.05) is 25.4 Å². The quantitative estimate of drug-likeness (QED) is 0.714. The van der Waals surface area contributed by atoms with Gasteiger partial charge in [0.1, 0.15) is 24.7 Å². The van der Waals surface area contributed by atoms with Crippen molar-refractivity contribution in [2.75, 3.05) is 38.8 Å². The lowest BCUT2D eigenvalue weighted by molar-refractivity contribution is 0.146. The van der Waals surface area contributed by atoms with Gasteiger partial charge in [0.15, 0.2) is 0 Å². The Hall–Kier alpha value is -2.20. The average molecular weight is 315 g/mol. The zero-order valence-electron chi connectivity index (χ0n) is 14.1. The summed E-state index contributed by atoms with van der Waals surface area (Å²) in [5, 5.41) is 3.34. The Kier molecular flexibility index (Phi) is 6.76. The molecule has 0 aliphatic heterocycles. The minimum Gasteiger partial charge on any atom is -0.492 e. The Bertz CT molecular complexity index is 613. The zero-order chi connectivity index (χ0) is 16.5. The average Bonchev–Trinajstić information content (AvgIpc) is 2.55. The summed E-state index contributed by atoms with van der Waals surface area (Å²) in [5.74, 6) is 1.74. The first-order valence-electron chi connectivity index (χ1n) is 7.85. The Balaban J connectivity index is 1.75. The third-order valence-corrected chi connectivity index (χ3v) is 3.57. The molecule has 0 unspecified atom stereocenters. The Morgan fingerprint density at radius 2 is 1.61 bits per heavy atom. The molecular weight excluding hydrogens is 290 g/mol. The number of hydrogen-bond donors (Lipinski definition) is 1. The number of hydrogen-bond acceptors (Lipinski definition) is 4. The molecule has 0 atom stereocenters. The van der Waals surface area contributed by atoms with Gasteiger partial charge < -0.3 is 19.5 Å². The smallest absolute Gasteiger partial charge is 0.121 e. The van der Waals surface area contributed by atoms with Gasteiger partial charge in [-0.3, -0.25) is 0 Å². The highest BCUT2D eigenvalue weighted by Crippen LogP contribution is 2.18. The van der Waals surface area contributed by atoms with Crippen LogP contribution >= 0.6 is 0 Å². The first-order valence-corrected chi connectivity index (χ1v) is 7.85. The summed E-state index contributed by atoms with van der Waals surface area (Å²) in [6.07, 6.45) is 0. The predicted octanol–water partition coefficient (Wildman–Crippen LogP) is 3.82. The molecule has 0 aromatic heterocycles. The molecule has 2 aromatic rings. The molecule has 4 heteroatoms. The van der Waals surface area contributed by atoms with Gasteiger partial charge >= 0.3 is 0 Å². The SMILES string of the molecule is COCCOc1cccc(NCCOc2ccc(C)c(C)c2)c1. The summed E-state index contributed by atoms with van der Waals surface area (Å²) in [7, 11) is 1.66. The molecule has 0 aliphatic carbocycles. The lowest BCUT2D eigenvalue weighted by Gasteiger charge is -2.11. The third-order valence-electron chi connectivity index (χ3n) is 3.57. The molecule has 0 saturated heterocycles. The van der Waals surface area contributed by atoms with Gasteiger partial charge in [-0.25, -0.2) is 0 Å². The summed E-state index contributed by atoms with van der Waals surface area (Å²) in [6, 6.07) is 14.1. The van der Waals surface area contributed by atoms with Crippen LogP contribution in [0.25, 0.3) is 0 Å². The summed E-state index contributed by atoms with van der Waals surface area (Å²) in [5.41, 5.74) is 3.54. The molecule has 0 heterocycles. The minimum atomic E-state index is 0.551. The second-order valence-corrected chi connectivity index (χ2v) is 5.39. The van der Waals surface area contributed by atoms with E-state index in [1.165, 1.54) is 11.1 Å². The Labute approximate surface area is 138 Å². The zero-order valence-corrected chi connectivity index (χ0v) is 14.1. The fourth-order valence-corrected chi connectivity index (χ4v) is 2.11. The fraction of sp³-hybridized carbons (Fsp3) is 0.368. The molecule has 1 N–H and O–H groups in total. The van der Waals surface area contributed by atoms with E-state index in [2.05, 4.69) is 31.3 Å². The topological polar surface area (TPSA) is 39.7 Å². The molecule has 0 fully saturated rings. The first-order chi connectivity index (χ1) is 11.2. The molecule has 2 aromatic carbocycles. The number of anilines is 1. The van der Waals surface area contributed by atoms with Gasteiger partial charge in [-0.15, -0.1) is 0 Å². The Morgan fingerprint density at radius 1 is 0.826 bits per heavy atom. The number of methoxy groups -OCH3 is 1. The molecular formula is C19H25NO3.